The Labute approximate surface area is 179 Å². The van der Waals surface area contributed by atoms with E-state index in [4.69, 9.17) is 9.15 Å². The van der Waals surface area contributed by atoms with Crippen molar-refractivity contribution in [2.75, 3.05) is 0 Å². The van der Waals surface area contributed by atoms with Crippen LogP contribution in [-0.4, -0.2) is 27.5 Å². The van der Waals surface area contributed by atoms with Gasteiger partial charge >= 0.3 is 5.97 Å². The van der Waals surface area contributed by atoms with Crippen LogP contribution in [0, 0.1) is 5.92 Å². The highest BCUT2D eigenvalue weighted by atomic mass is 16.5. The molecule has 1 unspecified atom stereocenters. The Morgan fingerprint density at radius 2 is 2.00 bits per heavy atom. The van der Waals surface area contributed by atoms with E-state index in [0.717, 1.165) is 25.7 Å². The van der Waals surface area contributed by atoms with Gasteiger partial charge in [0.1, 0.15) is 18.4 Å². The molecule has 1 fully saturated rings. The molecule has 1 aliphatic carbocycles. The molecule has 162 valence electrons. The number of nitrogens with one attached hydrogen (secondary N) is 1. The van der Waals surface area contributed by atoms with E-state index in [9.17, 15) is 14.4 Å². The summed E-state index contributed by atoms with van der Waals surface area (Å²) in [6.45, 7) is 1.39. The smallest absolute Gasteiger partial charge is 0.329 e. The topological polar surface area (TPSA) is 103 Å². The number of esters is 1. The number of hydrogen-bond acceptors (Lipinski definition) is 6. The zero-order valence-corrected chi connectivity index (χ0v) is 17.4. The molecule has 8 heteroatoms. The Morgan fingerprint density at radius 3 is 2.71 bits per heavy atom. The van der Waals surface area contributed by atoms with Gasteiger partial charge in [-0.25, -0.2) is 9.78 Å². The number of rotatable bonds is 7. The summed E-state index contributed by atoms with van der Waals surface area (Å²) < 4.78 is 12.4. The van der Waals surface area contributed by atoms with Crippen LogP contribution >= 0.6 is 0 Å². The molecule has 0 spiro atoms. The van der Waals surface area contributed by atoms with E-state index < -0.39 is 12.0 Å². The molecular formula is C23H25N3O5. The zero-order valence-electron chi connectivity index (χ0n) is 17.4. The van der Waals surface area contributed by atoms with Crippen LogP contribution in [-0.2, 0) is 27.5 Å². The number of hydrogen-bond donors (Lipinski definition) is 1. The first kappa shape index (κ1) is 20.8. The summed E-state index contributed by atoms with van der Waals surface area (Å²) in [7, 11) is 0. The number of nitrogens with zero attached hydrogens (tertiary/aromatic N) is 2. The van der Waals surface area contributed by atoms with Crippen LogP contribution in [0.1, 0.15) is 44.2 Å². The zero-order chi connectivity index (χ0) is 21.8. The van der Waals surface area contributed by atoms with E-state index >= 15 is 0 Å². The summed E-state index contributed by atoms with van der Waals surface area (Å²) in [5.41, 5.74) is 0.297. The number of benzene rings is 1. The molecule has 1 atom stereocenters. The van der Waals surface area contributed by atoms with E-state index in [-0.39, 0.29) is 30.5 Å². The van der Waals surface area contributed by atoms with Gasteiger partial charge in [0.15, 0.2) is 5.82 Å². The molecule has 8 nitrogen and oxygen atoms in total. The van der Waals surface area contributed by atoms with Gasteiger partial charge in [-0.3, -0.25) is 14.2 Å². The molecule has 1 saturated carbocycles. The van der Waals surface area contributed by atoms with Gasteiger partial charge < -0.3 is 14.5 Å². The summed E-state index contributed by atoms with van der Waals surface area (Å²) in [5.74, 6) is 0.197. The number of fused-ring (bicyclic) bond motifs is 1. The minimum atomic E-state index is -0.689. The van der Waals surface area contributed by atoms with Gasteiger partial charge in [-0.1, -0.05) is 25.0 Å². The lowest BCUT2D eigenvalue weighted by Crippen LogP contribution is -2.45. The molecule has 4 rings (SSSR count). The molecule has 3 aromatic rings. The van der Waals surface area contributed by atoms with Gasteiger partial charge in [0.2, 0.25) is 5.91 Å². The Hall–Kier alpha value is -3.42. The molecule has 0 radical (unpaired) electrons. The van der Waals surface area contributed by atoms with E-state index in [2.05, 4.69) is 10.3 Å². The molecule has 1 amide bonds. The monoisotopic (exact) mass is 423 g/mol. The number of carbonyl (C=O) groups excluding carboxylic acids is 2. The normalized spacial score (nSPS) is 15.1. The fourth-order valence-corrected chi connectivity index (χ4v) is 4.15. The summed E-state index contributed by atoms with van der Waals surface area (Å²) in [6, 6.07) is 9.87. The van der Waals surface area contributed by atoms with Crippen LogP contribution in [0.3, 0.4) is 0 Å². The van der Waals surface area contributed by atoms with Crippen molar-refractivity contribution in [2.45, 2.75) is 51.8 Å². The van der Waals surface area contributed by atoms with Crippen LogP contribution < -0.4 is 10.9 Å². The predicted octanol–water partition coefficient (Wildman–Crippen LogP) is 2.78. The van der Waals surface area contributed by atoms with Gasteiger partial charge in [0, 0.05) is 6.92 Å². The number of aromatic nitrogens is 2. The molecule has 0 saturated heterocycles. The third-order valence-corrected chi connectivity index (χ3v) is 5.66. The minimum absolute atomic E-state index is 0.0614. The highest BCUT2D eigenvalue weighted by Gasteiger charge is 2.32. The van der Waals surface area contributed by atoms with E-state index in [0.29, 0.717) is 22.5 Å². The first-order valence-electron chi connectivity index (χ1n) is 10.5. The van der Waals surface area contributed by atoms with Crippen molar-refractivity contribution in [1.29, 1.82) is 0 Å². The summed E-state index contributed by atoms with van der Waals surface area (Å²) >= 11 is 0. The highest BCUT2D eigenvalue weighted by molar-refractivity contribution is 5.83. The third kappa shape index (κ3) is 4.68. The van der Waals surface area contributed by atoms with Crippen molar-refractivity contribution in [2.24, 2.45) is 5.92 Å². The van der Waals surface area contributed by atoms with Gasteiger partial charge in [-0.05, 0) is 43.0 Å². The first-order valence-corrected chi connectivity index (χ1v) is 10.5. The van der Waals surface area contributed by atoms with Crippen molar-refractivity contribution in [1.82, 2.24) is 14.9 Å². The summed E-state index contributed by atoms with van der Waals surface area (Å²) in [6.07, 6.45) is 5.34. The van der Waals surface area contributed by atoms with Gasteiger partial charge in [0.25, 0.3) is 5.56 Å². The van der Waals surface area contributed by atoms with Crippen molar-refractivity contribution < 1.29 is 18.7 Å². The molecule has 0 aliphatic heterocycles. The fraction of sp³-hybridized carbons (Fsp3) is 0.391. The Kier molecular flexibility index (Phi) is 6.16. The first-order chi connectivity index (χ1) is 15.0. The lowest BCUT2D eigenvalue weighted by atomic mass is 9.98. The predicted molar refractivity (Wildman–Crippen MR) is 113 cm³/mol. The lowest BCUT2D eigenvalue weighted by Gasteiger charge is -2.22. The summed E-state index contributed by atoms with van der Waals surface area (Å²) in [4.78, 5) is 42.1. The van der Waals surface area contributed by atoms with Crippen molar-refractivity contribution in [3.05, 3.63) is 64.6 Å². The van der Waals surface area contributed by atoms with Gasteiger partial charge in [-0.2, -0.15) is 0 Å². The Bertz CT molecular complexity index is 1130. The fourth-order valence-electron chi connectivity index (χ4n) is 4.15. The number of carbonyl (C=O) groups is 2. The van der Waals surface area contributed by atoms with Crippen molar-refractivity contribution in [3.63, 3.8) is 0 Å². The average Bonchev–Trinajstić information content (AvgIpc) is 3.47. The molecule has 1 aromatic carbocycles. The maximum absolute atomic E-state index is 13.1. The number of furan rings is 1. The Balaban J connectivity index is 1.61. The van der Waals surface area contributed by atoms with Crippen LogP contribution in [0.4, 0.5) is 0 Å². The standard InChI is InChI=1S/C23H25N3O5/c1-15(27)24-21(16-7-2-3-8-16)23(29)31-14-20-25-19-11-5-4-10-18(19)22(28)26(20)13-17-9-6-12-30-17/h4-6,9-12,16,21H,2-3,7-8,13-14H2,1H3,(H,24,27). The molecule has 2 heterocycles. The molecule has 1 aliphatic rings. The average molecular weight is 423 g/mol. The summed E-state index contributed by atoms with van der Waals surface area (Å²) in [5, 5.41) is 3.21. The number of ether oxygens (including phenoxy) is 1. The third-order valence-electron chi connectivity index (χ3n) is 5.66. The highest BCUT2D eigenvalue weighted by Crippen LogP contribution is 2.28. The van der Waals surface area contributed by atoms with Crippen molar-refractivity contribution >= 4 is 22.8 Å². The second-order valence-electron chi connectivity index (χ2n) is 7.85. The van der Waals surface area contributed by atoms with Crippen LogP contribution in [0.15, 0.2) is 51.9 Å². The van der Waals surface area contributed by atoms with E-state index in [1.54, 1.807) is 36.4 Å². The van der Waals surface area contributed by atoms with Crippen LogP contribution in [0.2, 0.25) is 0 Å². The second kappa shape index (κ2) is 9.16. The van der Waals surface area contributed by atoms with Crippen molar-refractivity contribution in [3.8, 4) is 0 Å². The molecule has 1 N–H and O–H groups in total. The second-order valence-corrected chi connectivity index (χ2v) is 7.85. The van der Waals surface area contributed by atoms with Crippen LogP contribution in [0.5, 0.6) is 0 Å². The number of amides is 1. The van der Waals surface area contributed by atoms with Gasteiger partial charge in [-0.15, -0.1) is 0 Å². The Morgan fingerprint density at radius 1 is 1.23 bits per heavy atom. The number of para-hydroxylation sites is 1. The molecular weight excluding hydrogens is 398 g/mol. The maximum Gasteiger partial charge on any atom is 0.329 e. The molecule has 31 heavy (non-hydrogen) atoms. The quantitative estimate of drug-likeness (QED) is 0.586. The molecule has 0 bridgehead atoms. The van der Waals surface area contributed by atoms with E-state index in [1.807, 2.05) is 0 Å². The van der Waals surface area contributed by atoms with Gasteiger partial charge in [0.05, 0.1) is 23.7 Å². The molecule has 2 aromatic heterocycles. The minimum Gasteiger partial charge on any atom is -0.467 e. The van der Waals surface area contributed by atoms with E-state index in [1.165, 1.54) is 17.8 Å². The SMILES string of the molecule is CC(=O)NC(C(=O)OCc1nc2ccccc2c(=O)n1Cc1ccco1)C1CCCC1. The van der Waals surface area contributed by atoms with Crippen LogP contribution in [0.25, 0.3) is 10.9 Å². The lowest BCUT2D eigenvalue weighted by molar-refractivity contribution is -0.151. The maximum atomic E-state index is 13.1. The largest absolute Gasteiger partial charge is 0.467 e.